The SMILES string of the molecule is COC(=O)c1cccn1Cc1cccnc1. The number of esters is 1. The molecule has 0 fully saturated rings. The van der Waals surface area contributed by atoms with E-state index in [9.17, 15) is 4.79 Å². The summed E-state index contributed by atoms with van der Waals surface area (Å²) >= 11 is 0. The van der Waals surface area contributed by atoms with Crippen molar-refractivity contribution in [2.75, 3.05) is 7.11 Å². The first-order valence-corrected chi connectivity index (χ1v) is 4.93. The minimum atomic E-state index is -0.325. The summed E-state index contributed by atoms with van der Waals surface area (Å²) in [5.41, 5.74) is 1.59. The standard InChI is InChI=1S/C12H12N2O2/c1-16-12(15)11-5-3-7-14(11)9-10-4-2-6-13-8-10/h2-8H,9H2,1H3. The molecule has 0 atom stereocenters. The van der Waals surface area contributed by atoms with Crippen LogP contribution in [0.4, 0.5) is 0 Å². The highest BCUT2D eigenvalue weighted by Crippen LogP contribution is 2.07. The molecule has 82 valence electrons. The molecule has 0 aliphatic heterocycles. The van der Waals surface area contributed by atoms with E-state index in [4.69, 9.17) is 4.74 Å². The fourth-order valence-electron chi connectivity index (χ4n) is 1.53. The summed E-state index contributed by atoms with van der Waals surface area (Å²) in [4.78, 5) is 15.5. The number of methoxy groups -OCH3 is 1. The summed E-state index contributed by atoms with van der Waals surface area (Å²) in [7, 11) is 1.38. The second kappa shape index (κ2) is 4.61. The molecule has 0 bridgehead atoms. The number of ether oxygens (including phenoxy) is 1. The average Bonchev–Trinajstić information content (AvgIpc) is 2.77. The first-order chi connectivity index (χ1) is 7.81. The van der Waals surface area contributed by atoms with Gasteiger partial charge >= 0.3 is 5.97 Å². The Labute approximate surface area is 93.5 Å². The van der Waals surface area contributed by atoms with Crippen molar-refractivity contribution >= 4 is 5.97 Å². The highest BCUT2D eigenvalue weighted by atomic mass is 16.5. The summed E-state index contributed by atoms with van der Waals surface area (Å²) in [6.45, 7) is 0.616. The van der Waals surface area contributed by atoms with Crippen LogP contribution in [0.2, 0.25) is 0 Å². The van der Waals surface area contributed by atoms with E-state index in [0.717, 1.165) is 5.56 Å². The fraction of sp³-hybridized carbons (Fsp3) is 0.167. The van der Waals surface area contributed by atoms with E-state index in [-0.39, 0.29) is 5.97 Å². The maximum Gasteiger partial charge on any atom is 0.354 e. The lowest BCUT2D eigenvalue weighted by atomic mass is 10.3. The first kappa shape index (κ1) is 10.4. The Hall–Kier alpha value is -2.10. The highest BCUT2D eigenvalue weighted by Gasteiger charge is 2.10. The molecular formula is C12H12N2O2. The Bertz CT molecular complexity index is 477. The van der Waals surface area contributed by atoms with Crippen LogP contribution in [-0.4, -0.2) is 22.6 Å². The monoisotopic (exact) mass is 216 g/mol. The van der Waals surface area contributed by atoms with Crippen LogP contribution < -0.4 is 0 Å². The molecule has 0 spiro atoms. The lowest BCUT2D eigenvalue weighted by molar-refractivity contribution is 0.0589. The smallest absolute Gasteiger partial charge is 0.354 e. The Morgan fingerprint density at radius 1 is 1.44 bits per heavy atom. The van der Waals surface area contributed by atoms with Gasteiger partial charge in [0.1, 0.15) is 5.69 Å². The number of pyridine rings is 1. The maximum absolute atomic E-state index is 11.4. The number of hydrogen-bond donors (Lipinski definition) is 0. The molecular weight excluding hydrogens is 204 g/mol. The van der Waals surface area contributed by atoms with E-state index in [1.807, 2.05) is 29.0 Å². The Balaban J connectivity index is 2.22. The van der Waals surface area contributed by atoms with Gasteiger partial charge in [0.25, 0.3) is 0 Å². The molecule has 0 amide bonds. The van der Waals surface area contributed by atoms with Crippen molar-refractivity contribution in [1.29, 1.82) is 0 Å². The molecule has 4 nitrogen and oxygen atoms in total. The van der Waals surface area contributed by atoms with Crippen molar-refractivity contribution in [3.63, 3.8) is 0 Å². The van der Waals surface area contributed by atoms with Crippen LogP contribution in [0.3, 0.4) is 0 Å². The normalized spacial score (nSPS) is 10.1. The van der Waals surface area contributed by atoms with Crippen LogP contribution >= 0.6 is 0 Å². The molecule has 16 heavy (non-hydrogen) atoms. The summed E-state index contributed by atoms with van der Waals surface area (Å²) < 4.78 is 6.53. The van der Waals surface area contributed by atoms with Crippen LogP contribution in [0, 0.1) is 0 Å². The van der Waals surface area contributed by atoms with Gasteiger partial charge in [-0.2, -0.15) is 0 Å². The average molecular weight is 216 g/mol. The van der Waals surface area contributed by atoms with Gasteiger partial charge in [-0.25, -0.2) is 4.79 Å². The Kier molecular flexibility index (Phi) is 3.00. The van der Waals surface area contributed by atoms with Gasteiger partial charge in [0.2, 0.25) is 0 Å². The third-order valence-electron chi connectivity index (χ3n) is 2.30. The molecule has 2 aromatic rings. The predicted octanol–water partition coefficient (Wildman–Crippen LogP) is 1.72. The van der Waals surface area contributed by atoms with Crippen molar-refractivity contribution in [2.24, 2.45) is 0 Å². The predicted molar refractivity (Wildman–Crippen MR) is 59.1 cm³/mol. The molecule has 2 heterocycles. The zero-order valence-electron chi connectivity index (χ0n) is 8.96. The van der Waals surface area contributed by atoms with Crippen LogP contribution in [-0.2, 0) is 11.3 Å². The molecule has 2 rings (SSSR count). The van der Waals surface area contributed by atoms with Gasteiger partial charge in [0.05, 0.1) is 7.11 Å². The Morgan fingerprint density at radius 2 is 2.31 bits per heavy atom. The number of carbonyl (C=O) groups is 1. The largest absolute Gasteiger partial charge is 0.464 e. The second-order valence-electron chi connectivity index (χ2n) is 3.37. The molecule has 0 aliphatic carbocycles. The minimum absolute atomic E-state index is 0.325. The van der Waals surface area contributed by atoms with Crippen molar-refractivity contribution in [3.05, 3.63) is 54.1 Å². The second-order valence-corrected chi connectivity index (χ2v) is 3.37. The lowest BCUT2D eigenvalue weighted by Gasteiger charge is -2.07. The van der Waals surface area contributed by atoms with Crippen molar-refractivity contribution in [1.82, 2.24) is 9.55 Å². The van der Waals surface area contributed by atoms with Gasteiger partial charge in [-0.05, 0) is 23.8 Å². The third-order valence-corrected chi connectivity index (χ3v) is 2.30. The zero-order chi connectivity index (χ0) is 11.4. The van der Waals surface area contributed by atoms with Gasteiger partial charge in [-0.1, -0.05) is 6.07 Å². The van der Waals surface area contributed by atoms with Crippen molar-refractivity contribution < 1.29 is 9.53 Å². The molecule has 0 saturated carbocycles. The zero-order valence-corrected chi connectivity index (χ0v) is 8.96. The van der Waals surface area contributed by atoms with Crippen LogP contribution in [0.5, 0.6) is 0 Å². The molecule has 0 unspecified atom stereocenters. The van der Waals surface area contributed by atoms with Crippen LogP contribution in [0.1, 0.15) is 16.1 Å². The van der Waals surface area contributed by atoms with Gasteiger partial charge in [0.15, 0.2) is 0 Å². The summed E-state index contributed by atoms with van der Waals surface area (Å²) in [6.07, 6.45) is 5.35. The van der Waals surface area contributed by atoms with E-state index in [1.54, 1.807) is 18.5 Å². The number of carbonyl (C=O) groups excluding carboxylic acids is 1. The van der Waals surface area contributed by atoms with E-state index in [0.29, 0.717) is 12.2 Å². The Morgan fingerprint density at radius 3 is 3.00 bits per heavy atom. The summed E-state index contributed by atoms with van der Waals surface area (Å²) in [5, 5.41) is 0. The maximum atomic E-state index is 11.4. The van der Waals surface area contributed by atoms with Crippen molar-refractivity contribution in [2.45, 2.75) is 6.54 Å². The quantitative estimate of drug-likeness (QED) is 0.734. The van der Waals surface area contributed by atoms with Crippen LogP contribution in [0.25, 0.3) is 0 Å². The number of aromatic nitrogens is 2. The van der Waals surface area contributed by atoms with Gasteiger partial charge in [0, 0.05) is 25.1 Å². The van der Waals surface area contributed by atoms with Gasteiger partial charge < -0.3 is 9.30 Å². The molecule has 0 aromatic carbocycles. The third kappa shape index (κ3) is 2.11. The molecule has 0 saturated heterocycles. The molecule has 2 aromatic heterocycles. The van der Waals surface area contributed by atoms with E-state index in [2.05, 4.69) is 4.98 Å². The number of nitrogens with zero attached hydrogens (tertiary/aromatic N) is 2. The fourth-order valence-corrected chi connectivity index (χ4v) is 1.53. The van der Waals surface area contributed by atoms with Crippen LogP contribution in [0.15, 0.2) is 42.9 Å². The molecule has 4 heteroatoms. The molecule has 0 aliphatic rings. The minimum Gasteiger partial charge on any atom is -0.464 e. The van der Waals surface area contributed by atoms with Crippen molar-refractivity contribution in [3.8, 4) is 0 Å². The number of hydrogen-bond acceptors (Lipinski definition) is 3. The summed E-state index contributed by atoms with van der Waals surface area (Å²) in [5.74, 6) is -0.325. The highest BCUT2D eigenvalue weighted by molar-refractivity contribution is 5.87. The topological polar surface area (TPSA) is 44.1 Å². The molecule has 0 N–H and O–H groups in total. The summed E-state index contributed by atoms with van der Waals surface area (Å²) in [6, 6.07) is 7.40. The lowest BCUT2D eigenvalue weighted by Crippen LogP contribution is -2.10. The first-order valence-electron chi connectivity index (χ1n) is 4.93. The van der Waals surface area contributed by atoms with E-state index < -0.39 is 0 Å². The van der Waals surface area contributed by atoms with Gasteiger partial charge in [-0.3, -0.25) is 4.98 Å². The number of rotatable bonds is 3. The van der Waals surface area contributed by atoms with E-state index >= 15 is 0 Å². The van der Waals surface area contributed by atoms with E-state index in [1.165, 1.54) is 7.11 Å². The van der Waals surface area contributed by atoms with Gasteiger partial charge in [-0.15, -0.1) is 0 Å². The molecule has 0 radical (unpaired) electrons.